The van der Waals surface area contributed by atoms with Crippen LogP contribution in [0.4, 0.5) is 0 Å². The van der Waals surface area contributed by atoms with Crippen LogP contribution in [-0.2, 0) is 0 Å². The number of nitrogens with zero attached hydrogens (tertiary/aromatic N) is 1. The Hall–Kier alpha value is -2.21. The molecule has 1 heterocycles. The lowest BCUT2D eigenvalue weighted by molar-refractivity contribution is 0.0691. The van der Waals surface area contributed by atoms with Gasteiger partial charge in [-0.3, -0.25) is 4.79 Å². The van der Waals surface area contributed by atoms with Gasteiger partial charge in [-0.25, -0.2) is 9.78 Å². The first-order valence-corrected chi connectivity index (χ1v) is 7.33. The minimum absolute atomic E-state index is 0.00263. The van der Waals surface area contributed by atoms with Crippen LogP contribution in [0.15, 0.2) is 23.6 Å². The van der Waals surface area contributed by atoms with E-state index >= 15 is 0 Å². The van der Waals surface area contributed by atoms with E-state index < -0.39 is 5.97 Å². The molecule has 0 radical (unpaired) electrons. The van der Waals surface area contributed by atoms with Crippen molar-refractivity contribution in [2.75, 3.05) is 0 Å². The molecule has 1 aromatic heterocycles. The molecular formula is C15H16N2O3S. The van der Waals surface area contributed by atoms with Gasteiger partial charge in [0.25, 0.3) is 5.91 Å². The molecular weight excluding hydrogens is 288 g/mol. The molecule has 0 aliphatic carbocycles. The average Bonchev–Trinajstić information content (AvgIpc) is 2.91. The number of aromatic carboxylic acids is 1. The maximum absolute atomic E-state index is 12.3. The summed E-state index contributed by atoms with van der Waals surface area (Å²) >= 11 is 1.22. The molecule has 1 unspecified atom stereocenters. The molecule has 2 aromatic rings. The number of benzene rings is 1. The fourth-order valence-corrected chi connectivity index (χ4v) is 2.70. The van der Waals surface area contributed by atoms with Crippen molar-refractivity contribution in [3.63, 3.8) is 0 Å². The third kappa shape index (κ3) is 3.46. The summed E-state index contributed by atoms with van der Waals surface area (Å²) in [5.41, 5.74) is 2.54. The molecule has 0 aliphatic rings. The van der Waals surface area contributed by atoms with Crippen molar-refractivity contribution in [1.82, 2.24) is 10.3 Å². The molecule has 2 N–H and O–H groups in total. The number of aryl methyl sites for hydroxylation is 2. The molecule has 1 atom stereocenters. The van der Waals surface area contributed by atoms with Gasteiger partial charge in [0.1, 0.15) is 5.01 Å². The van der Waals surface area contributed by atoms with E-state index in [2.05, 4.69) is 10.3 Å². The summed E-state index contributed by atoms with van der Waals surface area (Å²) in [4.78, 5) is 27.1. The fourth-order valence-electron chi connectivity index (χ4n) is 1.90. The Morgan fingerprint density at radius 3 is 2.67 bits per heavy atom. The van der Waals surface area contributed by atoms with E-state index in [-0.39, 0.29) is 17.6 Å². The highest BCUT2D eigenvalue weighted by molar-refractivity contribution is 7.09. The predicted octanol–water partition coefficient (Wildman–Crippen LogP) is 2.95. The summed E-state index contributed by atoms with van der Waals surface area (Å²) in [6.45, 7) is 5.60. The van der Waals surface area contributed by atoms with Crippen LogP contribution in [0.5, 0.6) is 0 Å². The van der Waals surface area contributed by atoms with Crippen LogP contribution in [0.3, 0.4) is 0 Å². The number of carbonyl (C=O) groups is 2. The zero-order valence-electron chi connectivity index (χ0n) is 12.0. The second-order valence-corrected chi connectivity index (χ2v) is 5.78. The summed E-state index contributed by atoms with van der Waals surface area (Å²) in [6, 6.07) is 5.36. The van der Waals surface area contributed by atoms with Gasteiger partial charge >= 0.3 is 5.97 Å². The monoisotopic (exact) mass is 304 g/mol. The second kappa shape index (κ2) is 6.05. The molecule has 1 aromatic carbocycles. The molecule has 0 bridgehead atoms. The molecule has 0 aliphatic heterocycles. The number of thiazole rings is 1. The number of carboxylic acids is 1. The number of hydrogen-bond acceptors (Lipinski definition) is 4. The molecule has 0 saturated carbocycles. The standard InChI is InChI=1S/C15H16N2O3S/c1-8-4-5-9(2)11(6-8)13(18)16-10(3)14-17-12(7-21-14)15(19)20/h4-7,10H,1-3H3,(H,16,18)(H,19,20). The number of amides is 1. The molecule has 0 saturated heterocycles. The molecule has 21 heavy (non-hydrogen) atoms. The van der Waals surface area contributed by atoms with Crippen molar-refractivity contribution in [1.29, 1.82) is 0 Å². The molecule has 2 rings (SSSR count). The SMILES string of the molecule is Cc1ccc(C)c(C(=O)NC(C)c2nc(C(=O)O)cs2)c1. The van der Waals surface area contributed by atoms with Crippen molar-refractivity contribution in [3.05, 3.63) is 51.0 Å². The van der Waals surface area contributed by atoms with E-state index in [1.165, 1.54) is 16.7 Å². The number of carbonyl (C=O) groups excluding carboxylic acids is 1. The van der Waals surface area contributed by atoms with Crippen molar-refractivity contribution in [3.8, 4) is 0 Å². The first-order valence-electron chi connectivity index (χ1n) is 6.45. The highest BCUT2D eigenvalue weighted by atomic mass is 32.1. The van der Waals surface area contributed by atoms with Gasteiger partial charge in [0.05, 0.1) is 6.04 Å². The van der Waals surface area contributed by atoms with E-state index in [9.17, 15) is 9.59 Å². The van der Waals surface area contributed by atoms with Gasteiger partial charge in [-0.05, 0) is 32.4 Å². The van der Waals surface area contributed by atoms with E-state index in [4.69, 9.17) is 5.11 Å². The lowest BCUT2D eigenvalue weighted by Gasteiger charge is -2.13. The topological polar surface area (TPSA) is 79.3 Å². The minimum atomic E-state index is -1.06. The quantitative estimate of drug-likeness (QED) is 0.910. The van der Waals surface area contributed by atoms with Gasteiger partial charge in [-0.2, -0.15) is 0 Å². The summed E-state index contributed by atoms with van der Waals surface area (Å²) in [7, 11) is 0. The van der Waals surface area contributed by atoms with Crippen LogP contribution >= 0.6 is 11.3 Å². The third-order valence-corrected chi connectivity index (χ3v) is 4.12. The minimum Gasteiger partial charge on any atom is -0.476 e. The van der Waals surface area contributed by atoms with Crippen LogP contribution in [0.2, 0.25) is 0 Å². The van der Waals surface area contributed by atoms with E-state index in [0.29, 0.717) is 10.6 Å². The fraction of sp³-hybridized carbons (Fsp3) is 0.267. The highest BCUT2D eigenvalue weighted by Gasteiger charge is 2.17. The zero-order chi connectivity index (χ0) is 15.6. The zero-order valence-corrected chi connectivity index (χ0v) is 12.8. The van der Waals surface area contributed by atoms with Crippen LogP contribution < -0.4 is 5.32 Å². The van der Waals surface area contributed by atoms with Crippen molar-refractivity contribution >= 4 is 23.2 Å². The Labute approximate surface area is 126 Å². The van der Waals surface area contributed by atoms with Gasteiger partial charge in [0.15, 0.2) is 5.69 Å². The number of aromatic nitrogens is 1. The first kappa shape index (κ1) is 15.2. The Morgan fingerprint density at radius 1 is 1.33 bits per heavy atom. The van der Waals surface area contributed by atoms with E-state index in [0.717, 1.165) is 11.1 Å². The smallest absolute Gasteiger partial charge is 0.355 e. The van der Waals surface area contributed by atoms with E-state index in [1.54, 1.807) is 6.92 Å². The summed E-state index contributed by atoms with van der Waals surface area (Å²) < 4.78 is 0. The molecule has 0 spiro atoms. The maximum Gasteiger partial charge on any atom is 0.355 e. The predicted molar refractivity (Wildman–Crippen MR) is 80.9 cm³/mol. The molecule has 110 valence electrons. The maximum atomic E-state index is 12.3. The number of hydrogen-bond donors (Lipinski definition) is 2. The molecule has 5 nitrogen and oxygen atoms in total. The van der Waals surface area contributed by atoms with Crippen molar-refractivity contribution in [2.45, 2.75) is 26.8 Å². The lowest BCUT2D eigenvalue weighted by atomic mass is 10.0. The number of nitrogens with one attached hydrogen (secondary N) is 1. The number of carboxylic acid groups (broad SMARTS) is 1. The summed E-state index contributed by atoms with van der Waals surface area (Å²) in [6.07, 6.45) is 0. The third-order valence-electron chi connectivity index (χ3n) is 3.10. The van der Waals surface area contributed by atoms with Gasteiger partial charge in [0.2, 0.25) is 0 Å². The number of rotatable bonds is 4. The van der Waals surface area contributed by atoms with Crippen LogP contribution in [0.1, 0.15) is 49.9 Å². The second-order valence-electron chi connectivity index (χ2n) is 4.89. The Kier molecular flexibility index (Phi) is 4.37. The molecule has 6 heteroatoms. The summed E-state index contributed by atoms with van der Waals surface area (Å²) in [5, 5.41) is 13.8. The Balaban J connectivity index is 2.14. The van der Waals surface area contributed by atoms with Crippen LogP contribution in [0.25, 0.3) is 0 Å². The van der Waals surface area contributed by atoms with Gasteiger partial charge in [0, 0.05) is 10.9 Å². The first-order chi connectivity index (χ1) is 9.88. The summed E-state index contributed by atoms with van der Waals surface area (Å²) in [5.74, 6) is -1.25. The molecule has 1 amide bonds. The van der Waals surface area contributed by atoms with Crippen molar-refractivity contribution < 1.29 is 14.7 Å². The average molecular weight is 304 g/mol. The largest absolute Gasteiger partial charge is 0.476 e. The highest BCUT2D eigenvalue weighted by Crippen LogP contribution is 2.19. The van der Waals surface area contributed by atoms with Gasteiger partial charge in [-0.1, -0.05) is 17.7 Å². The molecule has 0 fully saturated rings. The van der Waals surface area contributed by atoms with Gasteiger partial charge in [-0.15, -0.1) is 11.3 Å². The normalized spacial score (nSPS) is 12.0. The van der Waals surface area contributed by atoms with Crippen LogP contribution in [0, 0.1) is 13.8 Å². The van der Waals surface area contributed by atoms with Crippen molar-refractivity contribution in [2.24, 2.45) is 0 Å². The van der Waals surface area contributed by atoms with Crippen LogP contribution in [-0.4, -0.2) is 22.0 Å². The van der Waals surface area contributed by atoms with Gasteiger partial charge < -0.3 is 10.4 Å². The van der Waals surface area contributed by atoms with E-state index in [1.807, 2.05) is 32.0 Å². The Bertz CT molecular complexity index is 694. The Morgan fingerprint density at radius 2 is 2.05 bits per heavy atom. The lowest BCUT2D eigenvalue weighted by Crippen LogP contribution is -2.27.